The monoisotopic (exact) mass is 469 g/mol. The minimum atomic E-state index is -1.29. The van der Waals surface area contributed by atoms with Gasteiger partial charge in [0.15, 0.2) is 5.78 Å². The molecule has 1 aromatic rings. The summed E-state index contributed by atoms with van der Waals surface area (Å²) in [6, 6.07) is 7.52. The van der Waals surface area contributed by atoms with Crippen LogP contribution >= 0.6 is 0 Å². The third kappa shape index (κ3) is 3.42. The molecular weight excluding hydrogens is 451 g/mol. The predicted octanol–water partition coefficient (Wildman–Crippen LogP) is 3.15. The zero-order chi connectivity index (χ0) is 12.3. The van der Waals surface area contributed by atoms with Crippen LogP contribution in [0, 0.1) is 0 Å². The molecule has 0 aliphatic rings. The molecule has 0 saturated carbocycles. The fourth-order valence-electron chi connectivity index (χ4n) is 1.55. The van der Waals surface area contributed by atoms with Crippen LogP contribution in [-0.2, 0) is 0 Å². The molecule has 2 nitrogen and oxygen atoms in total. The van der Waals surface area contributed by atoms with E-state index in [9.17, 15) is 9.90 Å². The Balaban J connectivity index is 0.00000256. The Morgan fingerprint density at radius 2 is 1.76 bits per heavy atom. The van der Waals surface area contributed by atoms with E-state index in [1.165, 1.54) is 19.4 Å². The van der Waals surface area contributed by atoms with E-state index >= 15 is 0 Å². The maximum Gasteiger partial charge on any atom is 0.193 e. The molecular formula is C14H20CfO2. The first-order valence-corrected chi connectivity index (χ1v) is 5.73. The molecule has 0 aliphatic heterocycles. The van der Waals surface area contributed by atoms with Crippen LogP contribution in [0.15, 0.2) is 24.3 Å². The van der Waals surface area contributed by atoms with Crippen LogP contribution in [0.3, 0.4) is 0 Å². The molecule has 3 heteroatoms. The summed E-state index contributed by atoms with van der Waals surface area (Å²) >= 11 is 0. The van der Waals surface area contributed by atoms with E-state index in [2.05, 4.69) is 13.8 Å². The fraction of sp³-hybridized carbons (Fsp3) is 0.500. The molecule has 0 spiro atoms. The number of carbonyl (C=O) groups is 1. The van der Waals surface area contributed by atoms with Gasteiger partial charge in [0.05, 0.1) is 0 Å². The van der Waals surface area contributed by atoms with Crippen LogP contribution in [0.4, 0.5) is 0 Å². The topological polar surface area (TPSA) is 37.3 Å². The van der Waals surface area contributed by atoms with E-state index in [4.69, 9.17) is 0 Å². The average molecular weight is 471 g/mol. The number of hydrogen-bond acceptors (Lipinski definition) is 2. The smallest absolute Gasteiger partial charge is 0.193 e. The van der Waals surface area contributed by atoms with Crippen LogP contribution in [0.2, 0.25) is 0 Å². The second-order valence-electron chi connectivity index (χ2n) is 4.82. The Kier molecular flexibility index (Phi) is 4.60. The van der Waals surface area contributed by atoms with Gasteiger partial charge < -0.3 is 5.11 Å². The second kappa shape index (κ2) is 5.26. The molecule has 1 rings (SSSR count). The molecule has 98 valence electrons. The molecule has 0 bridgehead atoms. The van der Waals surface area contributed by atoms with Gasteiger partial charge >= 0.3 is 0 Å². The van der Waals surface area contributed by atoms with Gasteiger partial charge in [-0.3, -0.25) is 4.79 Å². The van der Waals surface area contributed by atoms with Crippen molar-refractivity contribution in [2.24, 2.45) is 0 Å². The van der Waals surface area contributed by atoms with Gasteiger partial charge in [-0.15, -0.1) is 0 Å². The molecule has 17 heavy (non-hydrogen) atoms. The standard InChI is InChI=1S/C14H20O2.Cf/c1-5-10(2)11-6-8-12(9-7-11)13(15)14(3,4)16;/h6-10,16H,5H2,1-4H3;. The third-order valence-electron chi connectivity index (χ3n) is 2.91. The summed E-state index contributed by atoms with van der Waals surface area (Å²) in [6.07, 6.45) is 1.08. The zero-order valence-corrected chi connectivity index (χ0v) is 13.4. The Morgan fingerprint density at radius 3 is 2.12 bits per heavy atom. The van der Waals surface area contributed by atoms with Gasteiger partial charge in [0, 0.05) is 5.56 Å². The van der Waals surface area contributed by atoms with Crippen LogP contribution in [0.5, 0.6) is 0 Å². The van der Waals surface area contributed by atoms with Crippen LogP contribution in [0.25, 0.3) is 0 Å². The average Bonchev–Trinajstić information content (AvgIpc) is 2.26. The van der Waals surface area contributed by atoms with Crippen LogP contribution in [0.1, 0.15) is 56.0 Å². The van der Waals surface area contributed by atoms with Crippen molar-refractivity contribution in [1.82, 2.24) is 0 Å². The summed E-state index contributed by atoms with van der Waals surface area (Å²) in [5, 5.41) is 9.61. The maximum absolute atomic E-state index is 11.8. The molecule has 1 unspecified atom stereocenters. The van der Waals surface area contributed by atoms with Gasteiger partial charge in [-0.25, -0.2) is 0 Å². The third-order valence-corrected chi connectivity index (χ3v) is 2.91. The Hall–Kier alpha value is -2.15. The van der Waals surface area contributed by atoms with Crippen molar-refractivity contribution in [3.8, 4) is 0 Å². The normalized spacial score (nSPS) is 12.8. The molecule has 0 aromatic heterocycles. The minimum Gasteiger partial charge on any atom is -0.382 e. The van der Waals surface area contributed by atoms with Crippen molar-refractivity contribution in [3.63, 3.8) is 0 Å². The first kappa shape index (κ1) is 14.8. The summed E-state index contributed by atoms with van der Waals surface area (Å²) in [7, 11) is 0. The van der Waals surface area contributed by atoms with Gasteiger partial charge in [0.1, 0.15) is 5.60 Å². The quantitative estimate of drug-likeness (QED) is 0.686. The summed E-state index contributed by atoms with van der Waals surface area (Å²) < 4.78 is 0. The second-order valence-corrected chi connectivity index (χ2v) is 4.82. The van der Waals surface area contributed by atoms with Gasteiger partial charge in [-0.05, 0) is 31.7 Å². The van der Waals surface area contributed by atoms with E-state index in [-0.39, 0.29) is 5.78 Å². The molecule has 1 N–H and O–H groups in total. The van der Waals surface area contributed by atoms with Crippen molar-refractivity contribution in [3.05, 3.63) is 35.4 Å². The molecule has 0 radical (unpaired) electrons. The van der Waals surface area contributed by atoms with E-state index in [0.717, 1.165) is 6.42 Å². The molecule has 0 aliphatic carbocycles. The van der Waals surface area contributed by atoms with E-state index in [0.29, 0.717) is 11.5 Å². The number of hydrogen-bond donors (Lipinski definition) is 1. The molecule has 1 atom stereocenters. The van der Waals surface area contributed by atoms with Crippen LogP contribution in [-0.4, -0.2) is 16.5 Å². The van der Waals surface area contributed by atoms with E-state index < -0.39 is 5.60 Å². The number of carbonyl (C=O) groups excluding carboxylic acids is 1. The van der Waals surface area contributed by atoms with E-state index in [1.54, 1.807) is 12.1 Å². The SMILES string of the molecule is CCC(C)c1ccc(C(=O)C(C)(C)O)cc1.[Cf]. The van der Waals surface area contributed by atoms with Crippen molar-refractivity contribution in [2.75, 3.05) is 0 Å². The maximum atomic E-state index is 11.8. The molecule has 0 saturated heterocycles. The minimum absolute atomic E-state index is 0. The van der Waals surface area contributed by atoms with Gasteiger partial charge in [0.25, 0.3) is 0 Å². The van der Waals surface area contributed by atoms with Crippen molar-refractivity contribution < 1.29 is 9.90 Å². The van der Waals surface area contributed by atoms with Gasteiger partial charge in [-0.1, -0.05) is 38.1 Å². The van der Waals surface area contributed by atoms with Gasteiger partial charge in [-0.2, -0.15) is 0 Å². The number of rotatable bonds is 4. The predicted molar refractivity (Wildman–Crippen MR) is 65.8 cm³/mol. The summed E-state index contributed by atoms with van der Waals surface area (Å²) in [5.41, 5.74) is 0.507. The summed E-state index contributed by atoms with van der Waals surface area (Å²) in [6.45, 7) is 7.32. The van der Waals surface area contributed by atoms with Crippen LogP contribution < -0.4 is 0 Å². The largest absolute Gasteiger partial charge is 0.382 e. The number of Topliss-reactive ketones (excluding diaryl/α,β-unsaturated/α-hetero) is 1. The van der Waals surface area contributed by atoms with Crippen molar-refractivity contribution >= 4 is 5.78 Å². The Morgan fingerprint density at radius 1 is 1.29 bits per heavy atom. The summed E-state index contributed by atoms with van der Waals surface area (Å²) in [5.74, 6) is 0.273. The molecule has 0 amide bonds. The van der Waals surface area contributed by atoms with Crippen molar-refractivity contribution in [2.45, 2.75) is 45.6 Å². The molecule has 0 heterocycles. The first-order valence-electron chi connectivity index (χ1n) is 5.73. The molecule has 0 fully saturated rings. The first-order chi connectivity index (χ1) is 7.36. The molecule has 1 aromatic carbocycles. The zero-order valence-electron chi connectivity index (χ0n) is 10.8. The van der Waals surface area contributed by atoms with E-state index in [1.807, 2.05) is 12.1 Å². The van der Waals surface area contributed by atoms with Crippen molar-refractivity contribution in [1.29, 1.82) is 0 Å². The number of aliphatic hydroxyl groups is 1. The number of ketones is 1. The summed E-state index contributed by atoms with van der Waals surface area (Å²) in [4.78, 5) is 11.8. The number of benzene rings is 1. The fourth-order valence-corrected chi connectivity index (χ4v) is 1.55. The Labute approximate surface area is 97.3 Å². The van der Waals surface area contributed by atoms with Gasteiger partial charge in [0.2, 0.25) is 0 Å². The Bertz CT molecular complexity index is 363.